The van der Waals surface area contributed by atoms with Crippen LogP contribution in [0.1, 0.15) is 5.56 Å². The van der Waals surface area contributed by atoms with Gasteiger partial charge >= 0.3 is 6.18 Å². The summed E-state index contributed by atoms with van der Waals surface area (Å²) in [6.07, 6.45) is -3.16. The molecule has 0 aliphatic carbocycles. The molecule has 1 radical (unpaired) electrons. The lowest BCUT2D eigenvalue weighted by Gasteiger charge is -2.11. The first-order valence-electron chi connectivity index (χ1n) is 5.33. The molecule has 0 saturated carbocycles. The van der Waals surface area contributed by atoms with Crippen LogP contribution in [0.3, 0.4) is 0 Å². The molecule has 2 rings (SSSR count). The van der Waals surface area contributed by atoms with Gasteiger partial charge in [0.25, 0.3) is 5.88 Å². The first-order valence-corrected chi connectivity index (χ1v) is 5.74. The maximum atomic E-state index is 12.6. The molecule has 0 aliphatic rings. The van der Waals surface area contributed by atoms with Crippen LogP contribution in [0.5, 0.6) is 17.4 Å². The van der Waals surface area contributed by atoms with Gasteiger partial charge in [0.05, 0.1) is 18.9 Å². The van der Waals surface area contributed by atoms with Gasteiger partial charge in [0, 0.05) is 0 Å². The van der Waals surface area contributed by atoms with Gasteiger partial charge in [-0.1, -0.05) is 6.07 Å². The number of benzene rings is 1. The van der Waals surface area contributed by atoms with Crippen molar-refractivity contribution in [3.8, 4) is 17.4 Å². The molecule has 0 unspecified atom stereocenters. The molecule has 1 heterocycles. The first kappa shape index (κ1) is 14.3. The van der Waals surface area contributed by atoms with Gasteiger partial charge in [-0.25, -0.2) is 4.98 Å². The number of ether oxygens (including phenoxy) is 2. The van der Waals surface area contributed by atoms with Crippen molar-refractivity contribution in [2.75, 3.05) is 7.11 Å². The summed E-state index contributed by atoms with van der Waals surface area (Å²) >= 11 is 4.77. The van der Waals surface area contributed by atoms with E-state index in [-0.39, 0.29) is 22.5 Å². The van der Waals surface area contributed by atoms with Crippen molar-refractivity contribution >= 4 is 12.6 Å². The van der Waals surface area contributed by atoms with Gasteiger partial charge in [-0.3, -0.25) is 0 Å². The Morgan fingerprint density at radius 1 is 1.25 bits per heavy atom. The third-order valence-corrected chi connectivity index (χ3v) is 2.49. The van der Waals surface area contributed by atoms with Crippen LogP contribution < -0.4 is 9.47 Å². The predicted molar refractivity (Wildman–Crippen MR) is 66.0 cm³/mol. The lowest BCUT2D eigenvalue weighted by atomic mass is 10.2. The number of rotatable bonds is 3. The number of methoxy groups -OCH3 is 1. The number of hydrogen-bond acceptors (Lipinski definition) is 4. The Kier molecular flexibility index (Phi) is 3.93. The summed E-state index contributed by atoms with van der Waals surface area (Å²) in [5, 5.41) is 0.00720. The summed E-state index contributed by atoms with van der Waals surface area (Å²) in [6, 6.07) is 4.42. The number of hydrogen-bond donors (Lipinski definition) is 0. The largest absolute Gasteiger partial charge is 0.490 e. The molecule has 105 valence electrons. The highest BCUT2D eigenvalue weighted by Gasteiger charge is 2.30. The zero-order valence-electron chi connectivity index (χ0n) is 10.1. The van der Waals surface area contributed by atoms with Gasteiger partial charge in [0.2, 0.25) is 5.16 Å². The van der Waals surface area contributed by atoms with E-state index in [1.54, 1.807) is 0 Å². The molecule has 2 aromatic rings. The van der Waals surface area contributed by atoms with Crippen LogP contribution >= 0.6 is 12.6 Å². The molecular weight excluding hydrogens is 293 g/mol. The Hall–Kier alpha value is -2.09. The molecule has 1 aromatic heterocycles. The van der Waals surface area contributed by atoms with E-state index in [9.17, 15) is 13.2 Å². The zero-order valence-corrected chi connectivity index (χ0v) is 11.0. The molecule has 1 aromatic carbocycles. The lowest BCUT2D eigenvalue weighted by Crippen LogP contribution is -2.04. The molecule has 0 atom stereocenters. The second kappa shape index (κ2) is 5.49. The fraction of sp³-hybridized carbons (Fsp3) is 0.167. The number of halogens is 3. The first-order chi connectivity index (χ1) is 9.40. The number of aromatic nitrogens is 2. The minimum absolute atomic E-state index is 0.00720. The van der Waals surface area contributed by atoms with E-state index in [2.05, 4.69) is 9.97 Å². The second-order valence-corrected chi connectivity index (χ2v) is 4.02. The molecule has 0 aliphatic heterocycles. The fourth-order valence-corrected chi connectivity index (χ4v) is 1.54. The van der Waals surface area contributed by atoms with Crippen LogP contribution in [0.25, 0.3) is 0 Å². The third kappa shape index (κ3) is 3.27. The minimum Gasteiger partial charge on any atom is -0.490 e. The van der Waals surface area contributed by atoms with Gasteiger partial charge in [-0.05, 0) is 30.8 Å². The van der Waals surface area contributed by atoms with E-state index in [0.29, 0.717) is 0 Å². The summed E-state index contributed by atoms with van der Waals surface area (Å²) in [5.41, 5.74) is -0.818. The Labute approximate surface area is 118 Å². The third-order valence-electron chi connectivity index (χ3n) is 2.30. The van der Waals surface area contributed by atoms with Gasteiger partial charge < -0.3 is 9.47 Å². The smallest absolute Gasteiger partial charge is 0.416 e. The summed E-state index contributed by atoms with van der Waals surface area (Å²) in [4.78, 5) is 7.53. The van der Waals surface area contributed by atoms with Gasteiger partial charge in [0.1, 0.15) is 5.75 Å². The number of alkyl halides is 3. The molecule has 8 heteroatoms. The molecule has 0 bridgehead atoms. The van der Waals surface area contributed by atoms with Crippen LogP contribution in [0, 0.1) is 0 Å². The van der Waals surface area contributed by atoms with Crippen LogP contribution in [0.15, 0.2) is 35.6 Å². The molecule has 0 N–H and O–H groups in total. The average Bonchev–Trinajstić information content (AvgIpc) is 2.38. The Balaban J connectivity index is 2.33. The molecule has 0 spiro atoms. The summed E-state index contributed by atoms with van der Waals surface area (Å²) in [5.74, 6) is 0.120. The highest BCUT2D eigenvalue weighted by atomic mass is 32.1. The lowest BCUT2D eigenvalue weighted by molar-refractivity contribution is -0.137. The average molecular weight is 301 g/mol. The zero-order chi connectivity index (χ0) is 14.8. The topological polar surface area (TPSA) is 44.2 Å². The van der Waals surface area contributed by atoms with Gasteiger partial charge in [-0.15, -0.1) is 0 Å². The van der Waals surface area contributed by atoms with E-state index >= 15 is 0 Å². The molecule has 20 heavy (non-hydrogen) atoms. The van der Waals surface area contributed by atoms with Crippen molar-refractivity contribution in [2.24, 2.45) is 0 Å². The molecule has 4 nitrogen and oxygen atoms in total. The highest BCUT2D eigenvalue weighted by molar-refractivity contribution is 7.80. The maximum absolute atomic E-state index is 12.6. The number of nitrogens with zero attached hydrogens (tertiary/aromatic N) is 2. The van der Waals surface area contributed by atoms with Crippen molar-refractivity contribution in [2.45, 2.75) is 11.3 Å². The summed E-state index contributed by atoms with van der Waals surface area (Å²) in [7, 11) is 1.36. The minimum atomic E-state index is -4.45. The van der Waals surface area contributed by atoms with E-state index < -0.39 is 11.7 Å². The maximum Gasteiger partial charge on any atom is 0.416 e. The van der Waals surface area contributed by atoms with Crippen LogP contribution in [0.2, 0.25) is 0 Å². The Bertz CT molecular complexity index is 620. The van der Waals surface area contributed by atoms with Crippen molar-refractivity contribution in [1.29, 1.82) is 0 Å². The van der Waals surface area contributed by atoms with Crippen LogP contribution in [0.4, 0.5) is 13.2 Å². The summed E-state index contributed by atoms with van der Waals surface area (Å²) < 4.78 is 48.0. The normalized spacial score (nSPS) is 11.2. The second-order valence-electron chi connectivity index (χ2n) is 3.65. The Morgan fingerprint density at radius 2 is 2.00 bits per heavy atom. The van der Waals surface area contributed by atoms with Gasteiger partial charge in [-0.2, -0.15) is 18.2 Å². The molecule has 0 fully saturated rings. The fourth-order valence-electron chi connectivity index (χ4n) is 1.40. The summed E-state index contributed by atoms with van der Waals surface area (Å²) in [6.45, 7) is 0. The van der Waals surface area contributed by atoms with Crippen molar-refractivity contribution in [1.82, 2.24) is 9.97 Å². The van der Waals surface area contributed by atoms with E-state index in [1.165, 1.54) is 25.4 Å². The molecule has 0 saturated heterocycles. The van der Waals surface area contributed by atoms with Crippen molar-refractivity contribution < 1.29 is 22.6 Å². The van der Waals surface area contributed by atoms with Crippen LogP contribution in [-0.2, 0) is 6.18 Å². The quantitative estimate of drug-likeness (QED) is 0.808. The van der Waals surface area contributed by atoms with Crippen molar-refractivity contribution in [3.05, 3.63) is 36.0 Å². The highest BCUT2D eigenvalue weighted by Crippen LogP contribution is 2.34. The van der Waals surface area contributed by atoms with E-state index in [1.807, 2.05) is 0 Å². The van der Waals surface area contributed by atoms with Crippen molar-refractivity contribution in [3.63, 3.8) is 0 Å². The van der Waals surface area contributed by atoms with E-state index in [4.69, 9.17) is 22.1 Å². The predicted octanol–water partition coefficient (Wildman–Crippen LogP) is 3.85. The van der Waals surface area contributed by atoms with E-state index in [0.717, 1.165) is 12.1 Å². The molecule has 0 amide bonds. The SMILES string of the molecule is COc1cnc([S])nc1Oc1cccc(C(F)(F)F)c1. The standard InChI is InChI=1S/C12H8F3N2O2S/c1-18-9-6-16-11(20)17-10(9)19-8-4-2-3-7(5-8)12(13,14)15/h2-6H,1H3. The van der Waals surface area contributed by atoms with Crippen LogP contribution in [-0.4, -0.2) is 17.1 Å². The Morgan fingerprint density at radius 3 is 2.65 bits per heavy atom. The van der Waals surface area contributed by atoms with Gasteiger partial charge in [0.15, 0.2) is 5.75 Å². The molecular formula is C12H8F3N2O2S. The monoisotopic (exact) mass is 301 g/mol.